The molecule has 0 atom stereocenters. The lowest BCUT2D eigenvalue weighted by Gasteiger charge is -2.25. The van der Waals surface area contributed by atoms with Gasteiger partial charge in [-0.3, -0.25) is 0 Å². The van der Waals surface area contributed by atoms with Crippen molar-refractivity contribution in [2.45, 2.75) is 7.43 Å². The van der Waals surface area contributed by atoms with Crippen molar-refractivity contribution in [3.05, 3.63) is 337 Å². The van der Waals surface area contributed by atoms with Crippen molar-refractivity contribution >= 4 is 139 Å². The number of rotatable bonds is 12. The second kappa shape index (κ2) is 27.2. The smallest absolute Gasteiger partial charge is 0.423 e. The zero-order valence-corrected chi connectivity index (χ0v) is 50.9. The van der Waals surface area contributed by atoms with Crippen LogP contribution in [0.2, 0.25) is 0 Å². The highest BCUT2D eigenvalue weighted by atomic mass is 79.9. The summed E-state index contributed by atoms with van der Waals surface area (Å²) in [5.74, 6) is 0. The number of H-pyrrole nitrogens is 2. The van der Waals surface area contributed by atoms with Crippen LogP contribution in [0.25, 0.3) is 65.9 Å². The molecule has 0 unspecified atom stereocenters. The highest BCUT2D eigenvalue weighted by Crippen LogP contribution is 2.40. The summed E-state index contributed by atoms with van der Waals surface area (Å²) in [6.07, 6.45) is 0. The second-order valence-corrected chi connectivity index (χ2v) is 23.1. The summed E-state index contributed by atoms with van der Waals surface area (Å²) in [5.41, 5.74) is 19.7. The lowest BCUT2D eigenvalue weighted by atomic mass is 9.80. The van der Waals surface area contributed by atoms with Crippen LogP contribution in [-0.2, 0) is 0 Å². The van der Waals surface area contributed by atoms with Crippen molar-refractivity contribution in [3.63, 3.8) is 0 Å². The predicted octanol–water partition coefficient (Wildman–Crippen LogP) is 21.9. The van der Waals surface area contributed by atoms with Crippen molar-refractivity contribution in [3.8, 4) is 22.3 Å². The number of aromatic nitrogens is 2. The number of benzene rings is 13. The minimum atomic E-state index is -1.45. The van der Waals surface area contributed by atoms with Crippen LogP contribution >= 0.6 is 31.9 Å². The molecule has 7 nitrogen and oxygen atoms in total. The van der Waals surface area contributed by atoms with E-state index in [2.05, 4.69) is 287 Å². The van der Waals surface area contributed by atoms with E-state index in [-0.39, 0.29) is 7.43 Å². The van der Waals surface area contributed by atoms with E-state index in [0.717, 1.165) is 71.2 Å². The average Bonchev–Trinajstić information content (AvgIpc) is 2.61. The molecule has 4 N–H and O–H groups in total. The Bertz CT molecular complexity index is 4410. The van der Waals surface area contributed by atoms with E-state index in [9.17, 15) is 10.0 Å². The Balaban J connectivity index is 0.000000165. The molecule has 13 aromatic carbocycles. The minimum absolute atomic E-state index is 0. The largest absolute Gasteiger partial charge is 0.488 e. The third-order valence-corrected chi connectivity index (χ3v) is 16.6. The maximum atomic E-state index is 9.23. The molecule has 10 heteroatoms. The molecule has 0 aliphatic heterocycles. The standard InChI is InChI=1S/C48H35N3.C18H16BNO2.C12H7Br2N.CH4/c1-5-13-39(14-6-1)50(40-15-7-2-8-16-40)43-27-21-35(22-28-43)37-25-31-47-45(33-37)46-34-38(26-32-48(46)49-47)36-23-29-44(30-24-36)51(41-17-9-3-10-18-41)42-19-11-4-12-20-42;21-19(22)15-11-13-18(14-12-15)20(16-7-3-1-4-8-16)17-9-5-2-6-10-17;13-7-1-3-11-9(5-7)10-6-8(14)2-4-12(10)15-11;/h1-34,49H;1-14,21-22H;1-6,15H;1H4. The van der Waals surface area contributed by atoms with E-state index in [0.29, 0.717) is 5.46 Å². The molecule has 0 aliphatic rings. The zero-order valence-electron chi connectivity index (χ0n) is 47.7. The van der Waals surface area contributed by atoms with Crippen molar-refractivity contribution in [1.29, 1.82) is 0 Å². The summed E-state index contributed by atoms with van der Waals surface area (Å²) in [5, 5.41) is 23.4. The fourth-order valence-electron chi connectivity index (χ4n) is 11.3. The van der Waals surface area contributed by atoms with Gasteiger partial charge in [-0.2, -0.15) is 0 Å². The Kier molecular flexibility index (Phi) is 18.1. The van der Waals surface area contributed by atoms with Crippen LogP contribution in [0.1, 0.15) is 7.43 Å². The number of aromatic amines is 2. The Morgan fingerprint density at radius 1 is 0.247 bits per heavy atom. The monoisotopic (exact) mass is 1280 g/mol. The highest BCUT2D eigenvalue weighted by molar-refractivity contribution is 9.10. The first-order valence-corrected chi connectivity index (χ1v) is 30.7. The van der Waals surface area contributed by atoms with E-state index >= 15 is 0 Å². The Morgan fingerprint density at radius 3 is 0.742 bits per heavy atom. The van der Waals surface area contributed by atoms with Crippen LogP contribution < -0.4 is 20.2 Å². The van der Waals surface area contributed by atoms with Gasteiger partial charge in [0.2, 0.25) is 0 Å². The molecular formula is C79H62BBr2N5O2. The van der Waals surface area contributed by atoms with Crippen LogP contribution in [0.4, 0.5) is 51.2 Å². The molecule has 0 bridgehead atoms. The van der Waals surface area contributed by atoms with Crippen LogP contribution in [0.5, 0.6) is 0 Å². The van der Waals surface area contributed by atoms with Gasteiger partial charge in [-0.15, -0.1) is 0 Å². The number of halogens is 2. The predicted molar refractivity (Wildman–Crippen MR) is 385 cm³/mol. The summed E-state index contributed by atoms with van der Waals surface area (Å²) in [4.78, 5) is 13.7. The molecule has 0 fully saturated rings. The molecule has 89 heavy (non-hydrogen) atoms. The number of nitrogens with zero attached hydrogens (tertiary/aromatic N) is 3. The normalized spacial score (nSPS) is 10.8. The third kappa shape index (κ3) is 13.2. The molecule has 2 aromatic heterocycles. The fourth-order valence-corrected chi connectivity index (χ4v) is 12.0. The number of anilines is 9. The molecule has 0 spiro atoms. The van der Waals surface area contributed by atoms with Gasteiger partial charge in [0.1, 0.15) is 0 Å². The first-order valence-electron chi connectivity index (χ1n) is 29.1. The summed E-state index contributed by atoms with van der Waals surface area (Å²) in [6.45, 7) is 0. The number of hydrogen-bond acceptors (Lipinski definition) is 5. The molecule has 0 radical (unpaired) electrons. The fraction of sp³-hybridized carbons (Fsp3) is 0.0127. The topological polar surface area (TPSA) is 81.8 Å². The van der Waals surface area contributed by atoms with Crippen LogP contribution in [0, 0.1) is 0 Å². The molecule has 15 rings (SSSR count). The van der Waals surface area contributed by atoms with Crippen molar-refractivity contribution < 1.29 is 10.0 Å². The summed E-state index contributed by atoms with van der Waals surface area (Å²) in [7, 11) is -1.45. The van der Waals surface area contributed by atoms with E-state index in [1.165, 1.54) is 54.8 Å². The van der Waals surface area contributed by atoms with Gasteiger partial charge in [0.05, 0.1) is 0 Å². The summed E-state index contributed by atoms with van der Waals surface area (Å²) >= 11 is 6.99. The Morgan fingerprint density at radius 2 is 0.472 bits per heavy atom. The SMILES string of the molecule is Brc1ccc2[nH]c3ccc(Br)cc3c2c1.C.OB(O)c1ccc(N(c2ccccc2)c2ccccc2)cc1.c1ccc(N(c2ccccc2)c2ccc(-c3ccc4[nH]c5ccc(-c6ccc(N(c7ccccc7)c7ccccc7)cc6)cc5c4c3)cc2)cc1. The molecule has 0 saturated heterocycles. The Hall–Kier alpha value is -10.2. The van der Waals surface area contributed by atoms with Gasteiger partial charge in [-0.25, -0.2) is 0 Å². The van der Waals surface area contributed by atoms with Crippen LogP contribution in [-0.4, -0.2) is 27.1 Å². The molecule has 0 saturated carbocycles. The number of hydrogen-bond donors (Lipinski definition) is 4. The summed E-state index contributed by atoms with van der Waals surface area (Å²) < 4.78 is 2.21. The maximum absolute atomic E-state index is 9.23. The number of para-hydroxylation sites is 6. The lowest BCUT2D eigenvalue weighted by Crippen LogP contribution is -2.29. The van der Waals surface area contributed by atoms with Crippen molar-refractivity contribution in [2.75, 3.05) is 14.7 Å². The van der Waals surface area contributed by atoms with Gasteiger partial charge in [-0.1, -0.05) is 197 Å². The van der Waals surface area contributed by atoms with Gasteiger partial charge in [0, 0.05) is 104 Å². The van der Waals surface area contributed by atoms with Gasteiger partial charge in [0.15, 0.2) is 0 Å². The van der Waals surface area contributed by atoms with E-state index < -0.39 is 7.12 Å². The van der Waals surface area contributed by atoms with Gasteiger partial charge in [0.25, 0.3) is 0 Å². The molecule has 0 aliphatic carbocycles. The van der Waals surface area contributed by atoms with E-state index in [1.54, 1.807) is 12.1 Å². The van der Waals surface area contributed by atoms with Crippen LogP contribution in [0.3, 0.4) is 0 Å². The Labute approximate surface area is 536 Å². The quantitative estimate of drug-likeness (QED) is 0.0917. The molecule has 2 heterocycles. The highest BCUT2D eigenvalue weighted by Gasteiger charge is 2.18. The maximum Gasteiger partial charge on any atom is 0.488 e. The average molecular weight is 1280 g/mol. The van der Waals surface area contributed by atoms with Crippen molar-refractivity contribution in [1.82, 2.24) is 9.97 Å². The second-order valence-electron chi connectivity index (χ2n) is 21.2. The number of nitrogens with one attached hydrogen (secondary N) is 2. The summed E-state index contributed by atoms with van der Waals surface area (Å²) in [6, 6.07) is 113. The van der Waals surface area contributed by atoms with Crippen LogP contribution in [0.15, 0.2) is 337 Å². The van der Waals surface area contributed by atoms with Gasteiger partial charge < -0.3 is 34.7 Å². The van der Waals surface area contributed by atoms with Gasteiger partial charge >= 0.3 is 7.12 Å². The first kappa shape index (κ1) is 59.2. The third-order valence-electron chi connectivity index (χ3n) is 15.6. The van der Waals surface area contributed by atoms with Gasteiger partial charge in [-0.05, 0) is 198 Å². The number of fused-ring (bicyclic) bond motifs is 6. The lowest BCUT2D eigenvalue weighted by molar-refractivity contribution is 0.426. The van der Waals surface area contributed by atoms with E-state index in [4.69, 9.17) is 0 Å². The molecule has 0 amide bonds. The first-order chi connectivity index (χ1) is 43.3. The minimum Gasteiger partial charge on any atom is -0.423 e. The zero-order chi connectivity index (χ0) is 59.8. The van der Waals surface area contributed by atoms with E-state index in [1.807, 2.05) is 84.9 Å². The van der Waals surface area contributed by atoms with Crippen molar-refractivity contribution in [2.24, 2.45) is 0 Å². The molecule has 15 aromatic rings. The molecular weight excluding hydrogens is 1220 g/mol. The molecule has 432 valence electrons.